The minimum atomic E-state index is 0.794. The Bertz CT molecular complexity index is 269. The molecule has 1 radical (unpaired) electrons. The summed E-state index contributed by atoms with van der Waals surface area (Å²) in [6.45, 7) is 4.10. The van der Waals surface area contributed by atoms with Gasteiger partial charge < -0.3 is 0 Å². The van der Waals surface area contributed by atoms with Crippen LogP contribution in [0.4, 0.5) is 0 Å². The van der Waals surface area contributed by atoms with Gasteiger partial charge in [-0.3, -0.25) is 0 Å². The van der Waals surface area contributed by atoms with Gasteiger partial charge in [0.05, 0.1) is 0 Å². The van der Waals surface area contributed by atoms with Crippen molar-refractivity contribution in [3.05, 3.63) is 42.3 Å². The molecular weight excluding hydrogens is 156 g/mol. The van der Waals surface area contributed by atoms with Crippen LogP contribution in [0.1, 0.15) is 49.1 Å². The zero-order valence-electron chi connectivity index (χ0n) is 8.13. The Balaban J connectivity index is 2.18. The summed E-state index contributed by atoms with van der Waals surface area (Å²) in [6, 6.07) is 8.59. The molecule has 0 aliphatic heterocycles. The molecule has 69 valence electrons. The van der Waals surface area contributed by atoms with Crippen LogP contribution >= 0.6 is 0 Å². The molecule has 1 fully saturated rings. The maximum atomic E-state index is 4.10. The van der Waals surface area contributed by atoms with Gasteiger partial charge in [0.1, 0.15) is 0 Å². The maximum Gasteiger partial charge on any atom is -0.0159 e. The minimum Gasteiger partial charge on any atom is -0.0620 e. The van der Waals surface area contributed by atoms with Crippen LogP contribution in [-0.2, 0) is 0 Å². The summed E-state index contributed by atoms with van der Waals surface area (Å²) in [5.41, 5.74) is 2.72. The van der Waals surface area contributed by atoms with Crippen LogP contribution in [0.15, 0.2) is 24.3 Å². The fourth-order valence-electron chi connectivity index (χ4n) is 2.35. The molecule has 1 aliphatic rings. The summed E-state index contributed by atoms with van der Waals surface area (Å²) in [5, 5.41) is 0. The number of hydrogen-bond donors (Lipinski definition) is 0. The second-order valence-corrected chi connectivity index (χ2v) is 4.03. The minimum absolute atomic E-state index is 0.794. The van der Waals surface area contributed by atoms with Gasteiger partial charge in [-0.05, 0) is 36.8 Å². The van der Waals surface area contributed by atoms with Gasteiger partial charge in [0.25, 0.3) is 0 Å². The van der Waals surface area contributed by atoms with Crippen LogP contribution in [0, 0.1) is 6.92 Å². The molecule has 0 unspecified atom stereocenters. The maximum absolute atomic E-state index is 4.10. The van der Waals surface area contributed by atoms with Crippen molar-refractivity contribution in [1.82, 2.24) is 0 Å². The van der Waals surface area contributed by atoms with Gasteiger partial charge in [0.2, 0.25) is 0 Å². The summed E-state index contributed by atoms with van der Waals surface area (Å²) < 4.78 is 0. The van der Waals surface area contributed by atoms with Gasteiger partial charge in [0.15, 0.2) is 0 Å². The van der Waals surface area contributed by atoms with E-state index in [4.69, 9.17) is 0 Å². The highest BCUT2D eigenvalue weighted by Gasteiger charge is 2.16. The molecule has 0 atom stereocenters. The van der Waals surface area contributed by atoms with E-state index in [9.17, 15) is 0 Å². The van der Waals surface area contributed by atoms with E-state index in [0.29, 0.717) is 0 Å². The largest absolute Gasteiger partial charge is 0.0620 e. The average Bonchev–Trinajstić information content (AvgIpc) is 2.20. The predicted molar refractivity (Wildman–Crippen MR) is 56.7 cm³/mol. The molecule has 0 N–H and O–H groups in total. The lowest BCUT2D eigenvalue weighted by molar-refractivity contribution is 0.443. The Hall–Kier alpha value is -0.780. The predicted octanol–water partition coefficient (Wildman–Crippen LogP) is 3.92. The average molecular weight is 173 g/mol. The normalized spacial score (nSPS) is 18.8. The second kappa shape index (κ2) is 3.95. The molecule has 1 aromatic carbocycles. The van der Waals surface area contributed by atoms with Gasteiger partial charge in [-0.25, -0.2) is 0 Å². The Morgan fingerprint density at radius 3 is 2.38 bits per heavy atom. The lowest BCUT2D eigenvalue weighted by atomic mass is 9.82. The quantitative estimate of drug-likeness (QED) is 0.604. The Labute approximate surface area is 81.0 Å². The van der Waals surface area contributed by atoms with Crippen molar-refractivity contribution in [2.24, 2.45) is 0 Å². The Morgan fingerprint density at radius 2 is 1.69 bits per heavy atom. The second-order valence-electron chi connectivity index (χ2n) is 4.03. The van der Waals surface area contributed by atoms with Crippen molar-refractivity contribution in [3.63, 3.8) is 0 Å². The highest BCUT2D eigenvalue weighted by atomic mass is 14.2. The zero-order chi connectivity index (χ0) is 9.10. The standard InChI is InChI=1S/C13H17/c1-11-7-5-6-10-13(11)12-8-3-2-4-9-12/h5-7,10,12H,1-4,8-9H2. The number of hydrogen-bond acceptors (Lipinski definition) is 0. The van der Waals surface area contributed by atoms with Crippen LogP contribution in [0.25, 0.3) is 0 Å². The molecule has 0 spiro atoms. The van der Waals surface area contributed by atoms with E-state index in [1.807, 2.05) is 0 Å². The van der Waals surface area contributed by atoms with Gasteiger partial charge in [-0.15, -0.1) is 0 Å². The summed E-state index contributed by atoms with van der Waals surface area (Å²) in [6.07, 6.45) is 6.97. The SMILES string of the molecule is [CH2]c1ccccc1C1CCCCC1. The van der Waals surface area contributed by atoms with Crippen molar-refractivity contribution >= 4 is 0 Å². The molecule has 1 aromatic rings. The van der Waals surface area contributed by atoms with Crippen molar-refractivity contribution in [3.8, 4) is 0 Å². The Kier molecular flexibility index (Phi) is 2.68. The monoisotopic (exact) mass is 173 g/mol. The van der Waals surface area contributed by atoms with Gasteiger partial charge in [-0.1, -0.05) is 43.5 Å². The summed E-state index contributed by atoms with van der Waals surface area (Å²) in [7, 11) is 0. The van der Waals surface area contributed by atoms with Crippen LogP contribution in [0.3, 0.4) is 0 Å². The number of rotatable bonds is 1. The van der Waals surface area contributed by atoms with E-state index in [0.717, 1.165) is 5.92 Å². The molecule has 13 heavy (non-hydrogen) atoms. The topological polar surface area (TPSA) is 0 Å². The highest BCUT2D eigenvalue weighted by molar-refractivity contribution is 5.32. The summed E-state index contributed by atoms with van der Waals surface area (Å²) >= 11 is 0. The third-order valence-corrected chi connectivity index (χ3v) is 3.10. The lowest BCUT2D eigenvalue weighted by Crippen LogP contribution is -2.05. The first-order chi connectivity index (χ1) is 6.38. The third kappa shape index (κ3) is 1.93. The smallest absolute Gasteiger partial charge is 0.0159 e. The molecule has 0 saturated heterocycles. The van der Waals surface area contributed by atoms with Crippen molar-refractivity contribution in [2.75, 3.05) is 0 Å². The van der Waals surface area contributed by atoms with Crippen LogP contribution < -0.4 is 0 Å². The molecule has 1 saturated carbocycles. The molecule has 0 bridgehead atoms. The van der Waals surface area contributed by atoms with E-state index in [-0.39, 0.29) is 0 Å². The van der Waals surface area contributed by atoms with E-state index in [1.54, 1.807) is 0 Å². The number of benzene rings is 1. The third-order valence-electron chi connectivity index (χ3n) is 3.10. The molecule has 1 aliphatic carbocycles. The van der Waals surface area contributed by atoms with Crippen molar-refractivity contribution in [1.29, 1.82) is 0 Å². The lowest BCUT2D eigenvalue weighted by Gasteiger charge is -2.23. The van der Waals surface area contributed by atoms with Crippen LogP contribution in [-0.4, -0.2) is 0 Å². The molecule has 0 heterocycles. The first kappa shape index (κ1) is 8.80. The molecule has 0 nitrogen and oxygen atoms in total. The van der Waals surface area contributed by atoms with Crippen molar-refractivity contribution in [2.45, 2.75) is 38.0 Å². The first-order valence-corrected chi connectivity index (χ1v) is 5.29. The zero-order valence-corrected chi connectivity index (χ0v) is 8.13. The van der Waals surface area contributed by atoms with E-state index >= 15 is 0 Å². The molecular formula is C13H17. The highest BCUT2D eigenvalue weighted by Crippen LogP contribution is 2.33. The van der Waals surface area contributed by atoms with Crippen molar-refractivity contribution < 1.29 is 0 Å². The summed E-state index contributed by atoms with van der Waals surface area (Å²) in [4.78, 5) is 0. The van der Waals surface area contributed by atoms with Crippen LogP contribution in [0.5, 0.6) is 0 Å². The molecule has 2 rings (SSSR count). The fraction of sp³-hybridized carbons (Fsp3) is 0.462. The molecule has 0 heteroatoms. The molecule has 0 aromatic heterocycles. The van der Waals surface area contributed by atoms with E-state index < -0.39 is 0 Å². The fourth-order valence-corrected chi connectivity index (χ4v) is 2.35. The first-order valence-electron chi connectivity index (χ1n) is 5.29. The summed E-state index contributed by atoms with van der Waals surface area (Å²) in [5.74, 6) is 0.794. The molecule has 0 amide bonds. The van der Waals surface area contributed by atoms with Gasteiger partial charge in [0, 0.05) is 0 Å². The van der Waals surface area contributed by atoms with Gasteiger partial charge in [-0.2, -0.15) is 0 Å². The van der Waals surface area contributed by atoms with E-state index in [1.165, 1.54) is 43.2 Å². The van der Waals surface area contributed by atoms with Crippen LogP contribution in [0.2, 0.25) is 0 Å². The Morgan fingerprint density at radius 1 is 1.00 bits per heavy atom. The van der Waals surface area contributed by atoms with Gasteiger partial charge >= 0.3 is 0 Å². The van der Waals surface area contributed by atoms with E-state index in [2.05, 4.69) is 31.2 Å².